The summed E-state index contributed by atoms with van der Waals surface area (Å²) in [7, 11) is 3.79. The van der Waals surface area contributed by atoms with E-state index in [0.29, 0.717) is 12.6 Å². The second-order valence-corrected chi connectivity index (χ2v) is 4.42. The Bertz CT molecular complexity index is 400. The molecule has 1 rings (SSSR count). The van der Waals surface area contributed by atoms with E-state index >= 15 is 0 Å². The lowest BCUT2D eigenvalue weighted by atomic mass is 10.2. The topological polar surface area (TPSA) is 50.2 Å². The van der Waals surface area contributed by atoms with E-state index in [-0.39, 0.29) is 5.56 Å². The average molecular weight is 238 g/mol. The SMILES string of the molecule is CCNC(C)CCn1ncc(N(C)C)cc1=O. The molecule has 0 aromatic carbocycles. The lowest BCUT2D eigenvalue weighted by Crippen LogP contribution is -2.30. The van der Waals surface area contributed by atoms with Crippen molar-refractivity contribution in [3.8, 4) is 0 Å². The van der Waals surface area contributed by atoms with Gasteiger partial charge in [-0.05, 0) is 19.9 Å². The molecule has 1 N–H and O–H groups in total. The van der Waals surface area contributed by atoms with Crippen LogP contribution in [0.4, 0.5) is 5.69 Å². The molecule has 0 aliphatic rings. The Kier molecular flexibility index (Phi) is 5.15. The van der Waals surface area contributed by atoms with Crippen LogP contribution in [0.25, 0.3) is 0 Å². The average Bonchev–Trinajstić information content (AvgIpc) is 2.27. The molecule has 1 aromatic rings. The fraction of sp³-hybridized carbons (Fsp3) is 0.667. The molecule has 0 aliphatic heterocycles. The summed E-state index contributed by atoms with van der Waals surface area (Å²) >= 11 is 0. The first-order valence-electron chi connectivity index (χ1n) is 6.02. The van der Waals surface area contributed by atoms with E-state index in [4.69, 9.17) is 0 Å². The zero-order chi connectivity index (χ0) is 12.8. The Morgan fingerprint density at radius 1 is 1.53 bits per heavy atom. The molecular formula is C12H22N4O. The van der Waals surface area contributed by atoms with Gasteiger partial charge in [-0.1, -0.05) is 6.92 Å². The summed E-state index contributed by atoms with van der Waals surface area (Å²) in [6.07, 6.45) is 2.63. The van der Waals surface area contributed by atoms with Crippen LogP contribution in [-0.4, -0.2) is 36.5 Å². The largest absolute Gasteiger partial charge is 0.376 e. The van der Waals surface area contributed by atoms with Crippen LogP contribution in [-0.2, 0) is 6.54 Å². The van der Waals surface area contributed by atoms with Crippen LogP contribution >= 0.6 is 0 Å². The molecule has 1 unspecified atom stereocenters. The van der Waals surface area contributed by atoms with Gasteiger partial charge in [0.2, 0.25) is 0 Å². The number of anilines is 1. The second kappa shape index (κ2) is 6.39. The van der Waals surface area contributed by atoms with E-state index in [9.17, 15) is 4.79 Å². The molecule has 0 saturated carbocycles. The monoisotopic (exact) mass is 238 g/mol. The molecule has 0 fully saturated rings. The van der Waals surface area contributed by atoms with Gasteiger partial charge in [0.25, 0.3) is 5.56 Å². The number of hydrogen-bond donors (Lipinski definition) is 1. The Labute approximate surface area is 102 Å². The molecule has 0 amide bonds. The predicted octanol–water partition coefficient (Wildman–Crippen LogP) is 0.697. The number of rotatable bonds is 6. The third-order valence-electron chi connectivity index (χ3n) is 2.70. The third kappa shape index (κ3) is 4.19. The Balaban J connectivity index is 2.64. The van der Waals surface area contributed by atoms with Gasteiger partial charge in [0.05, 0.1) is 11.9 Å². The van der Waals surface area contributed by atoms with Crippen LogP contribution in [0.1, 0.15) is 20.3 Å². The molecule has 0 radical (unpaired) electrons. The Morgan fingerprint density at radius 3 is 2.76 bits per heavy atom. The van der Waals surface area contributed by atoms with Crippen LogP contribution in [0.15, 0.2) is 17.1 Å². The maximum atomic E-state index is 11.8. The fourth-order valence-electron chi connectivity index (χ4n) is 1.60. The zero-order valence-electron chi connectivity index (χ0n) is 11.1. The van der Waals surface area contributed by atoms with Crippen LogP contribution in [0.5, 0.6) is 0 Å². The van der Waals surface area contributed by atoms with Crippen molar-refractivity contribution in [2.75, 3.05) is 25.5 Å². The number of nitrogens with zero attached hydrogens (tertiary/aromatic N) is 3. The Morgan fingerprint density at radius 2 is 2.24 bits per heavy atom. The maximum Gasteiger partial charge on any atom is 0.268 e. The van der Waals surface area contributed by atoms with E-state index in [1.807, 2.05) is 19.0 Å². The zero-order valence-corrected chi connectivity index (χ0v) is 11.1. The smallest absolute Gasteiger partial charge is 0.268 e. The summed E-state index contributed by atoms with van der Waals surface area (Å²) in [5, 5.41) is 7.48. The van der Waals surface area contributed by atoms with Crippen molar-refractivity contribution >= 4 is 5.69 Å². The van der Waals surface area contributed by atoms with Gasteiger partial charge in [0.1, 0.15) is 0 Å². The van der Waals surface area contributed by atoms with Gasteiger partial charge in [0, 0.05) is 32.7 Å². The van der Waals surface area contributed by atoms with E-state index in [1.54, 1.807) is 12.3 Å². The molecule has 1 atom stereocenters. The van der Waals surface area contributed by atoms with Crippen LogP contribution in [0.2, 0.25) is 0 Å². The Hall–Kier alpha value is -1.36. The van der Waals surface area contributed by atoms with Crippen molar-refractivity contribution in [2.45, 2.75) is 32.9 Å². The van der Waals surface area contributed by atoms with Crippen molar-refractivity contribution in [1.29, 1.82) is 0 Å². The molecule has 1 aromatic heterocycles. The molecule has 17 heavy (non-hydrogen) atoms. The van der Waals surface area contributed by atoms with Crippen LogP contribution < -0.4 is 15.8 Å². The second-order valence-electron chi connectivity index (χ2n) is 4.42. The summed E-state index contributed by atoms with van der Waals surface area (Å²) in [5.74, 6) is 0. The standard InChI is InChI=1S/C12H22N4O/c1-5-13-10(2)6-7-16-12(17)8-11(9-14-16)15(3)4/h8-10,13H,5-7H2,1-4H3. The number of aromatic nitrogens is 2. The molecule has 96 valence electrons. The minimum atomic E-state index is -0.0418. The first-order valence-corrected chi connectivity index (χ1v) is 6.02. The van der Waals surface area contributed by atoms with E-state index < -0.39 is 0 Å². The molecule has 5 heteroatoms. The first kappa shape index (κ1) is 13.7. The minimum absolute atomic E-state index is 0.0418. The number of nitrogens with one attached hydrogen (secondary N) is 1. The van der Waals surface area contributed by atoms with Gasteiger partial charge >= 0.3 is 0 Å². The minimum Gasteiger partial charge on any atom is -0.376 e. The highest BCUT2D eigenvalue weighted by atomic mass is 16.1. The molecule has 0 saturated heterocycles. The van der Waals surface area contributed by atoms with E-state index in [0.717, 1.165) is 18.7 Å². The predicted molar refractivity (Wildman–Crippen MR) is 70.6 cm³/mol. The number of aryl methyl sites for hydroxylation is 1. The van der Waals surface area contributed by atoms with E-state index in [2.05, 4.69) is 24.3 Å². The van der Waals surface area contributed by atoms with Crippen molar-refractivity contribution in [3.63, 3.8) is 0 Å². The third-order valence-corrected chi connectivity index (χ3v) is 2.70. The van der Waals surface area contributed by atoms with Crippen molar-refractivity contribution in [1.82, 2.24) is 15.1 Å². The highest BCUT2D eigenvalue weighted by molar-refractivity contribution is 5.40. The van der Waals surface area contributed by atoms with Gasteiger partial charge in [-0.2, -0.15) is 5.10 Å². The van der Waals surface area contributed by atoms with Crippen LogP contribution in [0.3, 0.4) is 0 Å². The summed E-state index contributed by atoms with van der Waals surface area (Å²) in [5.41, 5.74) is 0.797. The number of hydrogen-bond acceptors (Lipinski definition) is 4. The van der Waals surface area contributed by atoms with Gasteiger partial charge in [-0.3, -0.25) is 4.79 Å². The quantitative estimate of drug-likeness (QED) is 0.792. The molecule has 0 bridgehead atoms. The van der Waals surface area contributed by atoms with Crippen molar-refractivity contribution in [3.05, 3.63) is 22.6 Å². The molecule has 0 spiro atoms. The van der Waals surface area contributed by atoms with Gasteiger partial charge in [-0.15, -0.1) is 0 Å². The normalized spacial score (nSPS) is 12.5. The molecule has 1 heterocycles. The molecule has 0 aliphatic carbocycles. The van der Waals surface area contributed by atoms with Crippen molar-refractivity contribution < 1.29 is 0 Å². The summed E-state index contributed by atoms with van der Waals surface area (Å²) in [6.45, 7) is 5.79. The lowest BCUT2D eigenvalue weighted by molar-refractivity contribution is 0.456. The van der Waals surface area contributed by atoms with Gasteiger partial charge in [0.15, 0.2) is 0 Å². The summed E-state index contributed by atoms with van der Waals surface area (Å²) in [4.78, 5) is 13.6. The highest BCUT2D eigenvalue weighted by Crippen LogP contribution is 2.03. The van der Waals surface area contributed by atoms with Gasteiger partial charge in [-0.25, -0.2) is 4.68 Å². The summed E-state index contributed by atoms with van der Waals surface area (Å²) < 4.78 is 1.51. The fourth-order valence-corrected chi connectivity index (χ4v) is 1.60. The maximum absolute atomic E-state index is 11.8. The van der Waals surface area contributed by atoms with Crippen molar-refractivity contribution in [2.24, 2.45) is 0 Å². The first-order chi connectivity index (χ1) is 8.04. The highest BCUT2D eigenvalue weighted by Gasteiger charge is 2.04. The molecular weight excluding hydrogens is 216 g/mol. The van der Waals surface area contributed by atoms with Gasteiger partial charge < -0.3 is 10.2 Å². The lowest BCUT2D eigenvalue weighted by Gasteiger charge is -2.14. The van der Waals surface area contributed by atoms with E-state index in [1.165, 1.54) is 4.68 Å². The summed E-state index contributed by atoms with van der Waals surface area (Å²) in [6, 6.07) is 2.02. The van der Waals surface area contributed by atoms with Crippen LogP contribution in [0, 0.1) is 0 Å². The molecule has 5 nitrogen and oxygen atoms in total.